The van der Waals surface area contributed by atoms with Gasteiger partial charge in [-0.1, -0.05) is 30.3 Å². The van der Waals surface area contributed by atoms with E-state index >= 15 is 0 Å². The van der Waals surface area contributed by atoms with E-state index in [-0.39, 0.29) is 11.0 Å². The molecule has 0 bridgehead atoms. The average molecular weight is 279 g/mol. The van der Waals surface area contributed by atoms with Crippen LogP contribution in [0.25, 0.3) is 21.7 Å². The number of hydrogen-bond donors (Lipinski definition) is 0. The number of nitrogens with zero attached hydrogens (tertiary/aromatic N) is 1. The van der Waals surface area contributed by atoms with Crippen LogP contribution in [-0.4, -0.2) is 4.57 Å². The van der Waals surface area contributed by atoms with Crippen LogP contribution in [0.2, 0.25) is 0 Å². The lowest BCUT2D eigenvalue weighted by Crippen LogP contribution is -2.32. The molecule has 0 radical (unpaired) electrons. The lowest BCUT2D eigenvalue weighted by atomic mass is 10.1. The molecule has 0 amide bonds. The number of benzene rings is 2. The predicted molar refractivity (Wildman–Crippen MR) is 87.0 cm³/mol. The van der Waals surface area contributed by atoms with Gasteiger partial charge in [-0.05, 0) is 39.0 Å². The van der Waals surface area contributed by atoms with E-state index in [4.69, 9.17) is 0 Å². The number of fused-ring (bicyclic) bond motifs is 2. The fourth-order valence-electron chi connectivity index (χ4n) is 2.77. The normalized spacial score (nSPS) is 12.0. The lowest BCUT2D eigenvalue weighted by molar-refractivity contribution is 0.400. The fourth-order valence-corrected chi connectivity index (χ4v) is 2.77. The highest BCUT2D eigenvalue weighted by Gasteiger charge is 2.19. The zero-order valence-electron chi connectivity index (χ0n) is 12.4. The van der Waals surface area contributed by atoms with Gasteiger partial charge in [-0.25, -0.2) is 0 Å². The Hall–Kier alpha value is -2.42. The summed E-state index contributed by atoms with van der Waals surface area (Å²) >= 11 is 0. The summed E-state index contributed by atoms with van der Waals surface area (Å²) in [6.07, 6.45) is 0. The zero-order chi connectivity index (χ0) is 15.2. The van der Waals surface area contributed by atoms with Gasteiger partial charge in [0.05, 0.1) is 10.9 Å². The number of aromatic nitrogens is 1. The maximum absolute atomic E-state index is 13.0. The van der Waals surface area contributed by atoms with E-state index in [1.54, 1.807) is 34.9 Å². The molecule has 0 spiro atoms. The molecule has 0 saturated carbocycles. The molecule has 0 unspecified atom stereocenters. The molecule has 0 aliphatic rings. The average Bonchev–Trinajstić information content (AvgIpc) is 2.54. The van der Waals surface area contributed by atoms with Gasteiger partial charge in [-0.2, -0.15) is 0 Å². The Morgan fingerprint density at radius 1 is 0.762 bits per heavy atom. The van der Waals surface area contributed by atoms with Crippen LogP contribution in [0.5, 0.6) is 0 Å². The molecule has 2 aromatic carbocycles. The fraction of sp³-hybridized carbons (Fsp3) is 0.222. The molecule has 0 aliphatic heterocycles. The van der Waals surface area contributed by atoms with E-state index in [1.165, 1.54) is 0 Å². The van der Waals surface area contributed by atoms with E-state index in [1.807, 2.05) is 39.0 Å². The van der Waals surface area contributed by atoms with Crippen LogP contribution in [0.4, 0.5) is 0 Å². The van der Waals surface area contributed by atoms with Gasteiger partial charge in [-0.3, -0.25) is 9.59 Å². The van der Waals surface area contributed by atoms with Crippen molar-refractivity contribution in [3.63, 3.8) is 0 Å². The third-order valence-corrected chi connectivity index (χ3v) is 3.67. The molecule has 1 heterocycles. The Labute approximate surface area is 122 Å². The van der Waals surface area contributed by atoms with Crippen LogP contribution in [-0.2, 0) is 5.54 Å². The van der Waals surface area contributed by atoms with Crippen LogP contribution in [0.15, 0.2) is 58.1 Å². The highest BCUT2D eigenvalue weighted by Crippen LogP contribution is 2.19. The van der Waals surface area contributed by atoms with Crippen LogP contribution >= 0.6 is 0 Å². The van der Waals surface area contributed by atoms with Crippen molar-refractivity contribution >= 4 is 21.7 Å². The molecule has 0 aliphatic carbocycles. The third kappa shape index (κ3) is 2.05. The molecule has 1 aromatic heterocycles. The first-order valence-electron chi connectivity index (χ1n) is 6.98. The molecule has 106 valence electrons. The molecular weight excluding hydrogens is 262 g/mol. The van der Waals surface area contributed by atoms with Gasteiger partial charge in [0.1, 0.15) is 0 Å². The SMILES string of the molecule is CC(C)(C)n1c(=O)c2ccccc2c(=O)c2ccccc21. The van der Waals surface area contributed by atoms with Gasteiger partial charge in [0.2, 0.25) is 0 Å². The van der Waals surface area contributed by atoms with Crippen molar-refractivity contribution in [3.05, 3.63) is 69.1 Å². The Morgan fingerprint density at radius 3 is 1.90 bits per heavy atom. The summed E-state index contributed by atoms with van der Waals surface area (Å²) in [5.41, 5.74) is 0.0409. The Kier molecular flexibility index (Phi) is 2.94. The van der Waals surface area contributed by atoms with Crippen molar-refractivity contribution in [3.8, 4) is 0 Å². The van der Waals surface area contributed by atoms with Gasteiger partial charge in [0, 0.05) is 16.3 Å². The topological polar surface area (TPSA) is 39.1 Å². The molecule has 0 fully saturated rings. The highest BCUT2D eigenvalue weighted by atomic mass is 16.1. The van der Waals surface area contributed by atoms with Gasteiger partial charge < -0.3 is 4.57 Å². The van der Waals surface area contributed by atoms with E-state index in [0.29, 0.717) is 21.7 Å². The van der Waals surface area contributed by atoms with Crippen molar-refractivity contribution in [2.45, 2.75) is 26.3 Å². The number of hydrogen-bond acceptors (Lipinski definition) is 2. The summed E-state index contributed by atoms with van der Waals surface area (Å²) < 4.78 is 1.71. The second kappa shape index (κ2) is 4.55. The van der Waals surface area contributed by atoms with E-state index in [9.17, 15) is 9.59 Å². The number of rotatable bonds is 0. The van der Waals surface area contributed by atoms with Crippen LogP contribution in [0.3, 0.4) is 0 Å². The molecule has 21 heavy (non-hydrogen) atoms. The third-order valence-electron chi connectivity index (χ3n) is 3.67. The first-order valence-corrected chi connectivity index (χ1v) is 6.98. The van der Waals surface area contributed by atoms with Crippen LogP contribution in [0, 0.1) is 0 Å². The number of para-hydroxylation sites is 1. The molecular formula is C18H17NO2. The van der Waals surface area contributed by atoms with E-state index in [2.05, 4.69) is 0 Å². The summed E-state index contributed by atoms with van der Waals surface area (Å²) in [7, 11) is 0. The molecule has 0 N–H and O–H groups in total. The minimum Gasteiger partial charge on any atom is -0.302 e. The minimum absolute atomic E-state index is 0.0960. The second-order valence-electron chi connectivity index (χ2n) is 6.20. The summed E-state index contributed by atoms with van der Waals surface area (Å²) in [4.78, 5) is 25.7. The summed E-state index contributed by atoms with van der Waals surface area (Å²) in [6, 6.07) is 14.3. The van der Waals surface area contributed by atoms with Crippen molar-refractivity contribution in [1.82, 2.24) is 4.57 Å². The van der Waals surface area contributed by atoms with E-state index < -0.39 is 5.54 Å². The quantitative estimate of drug-likeness (QED) is 0.633. The largest absolute Gasteiger partial charge is 0.302 e. The maximum Gasteiger partial charge on any atom is 0.259 e. The molecule has 3 rings (SSSR count). The monoisotopic (exact) mass is 279 g/mol. The second-order valence-corrected chi connectivity index (χ2v) is 6.20. The Balaban J connectivity index is 2.81. The first kappa shape index (κ1) is 13.6. The predicted octanol–water partition coefficient (Wildman–Crippen LogP) is 3.27. The molecule has 3 aromatic rings. The molecule has 3 nitrogen and oxygen atoms in total. The van der Waals surface area contributed by atoms with Gasteiger partial charge in [0.15, 0.2) is 5.43 Å². The first-order chi connectivity index (χ1) is 9.91. The van der Waals surface area contributed by atoms with Crippen molar-refractivity contribution in [1.29, 1.82) is 0 Å². The van der Waals surface area contributed by atoms with E-state index in [0.717, 1.165) is 0 Å². The zero-order valence-corrected chi connectivity index (χ0v) is 12.4. The Bertz CT molecular complexity index is 962. The lowest BCUT2D eigenvalue weighted by Gasteiger charge is -2.23. The van der Waals surface area contributed by atoms with Crippen molar-refractivity contribution < 1.29 is 0 Å². The smallest absolute Gasteiger partial charge is 0.259 e. The maximum atomic E-state index is 13.0. The minimum atomic E-state index is -0.412. The highest BCUT2D eigenvalue weighted by molar-refractivity contribution is 5.90. The molecule has 3 heteroatoms. The Morgan fingerprint density at radius 2 is 1.29 bits per heavy atom. The summed E-state index contributed by atoms with van der Waals surface area (Å²) in [5, 5.41) is 1.51. The van der Waals surface area contributed by atoms with Crippen molar-refractivity contribution in [2.24, 2.45) is 0 Å². The standard InChI is InChI=1S/C18H17NO2/c1-18(2,3)19-15-11-7-6-10-14(15)16(20)12-8-4-5-9-13(12)17(19)21/h4-11H,1-3H3. The van der Waals surface area contributed by atoms with Gasteiger partial charge >= 0.3 is 0 Å². The van der Waals surface area contributed by atoms with Gasteiger partial charge in [0.25, 0.3) is 5.56 Å². The van der Waals surface area contributed by atoms with Gasteiger partial charge in [-0.15, -0.1) is 0 Å². The summed E-state index contributed by atoms with van der Waals surface area (Å²) in [5.74, 6) is 0. The van der Waals surface area contributed by atoms with Crippen LogP contribution < -0.4 is 11.0 Å². The van der Waals surface area contributed by atoms with Crippen molar-refractivity contribution in [2.75, 3.05) is 0 Å². The summed E-state index contributed by atoms with van der Waals surface area (Å²) in [6.45, 7) is 5.92. The molecule has 0 atom stereocenters. The molecule has 0 saturated heterocycles. The van der Waals surface area contributed by atoms with Crippen LogP contribution in [0.1, 0.15) is 20.8 Å².